The molecule has 2 rings (SSSR count). The van der Waals surface area contributed by atoms with Gasteiger partial charge in [-0.15, -0.1) is 0 Å². The number of aliphatic carboxylic acids is 1. The minimum absolute atomic E-state index is 0.0544. The smallest absolute Gasteiger partial charge is 0.335 e. The van der Waals surface area contributed by atoms with Crippen molar-refractivity contribution in [3.05, 3.63) is 23.8 Å². The highest BCUT2D eigenvalue weighted by Crippen LogP contribution is 2.30. The number of aliphatic hydroxyl groups is 3. The zero-order chi connectivity index (χ0) is 19.4. The van der Waals surface area contributed by atoms with Gasteiger partial charge in [-0.05, 0) is 17.7 Å². The first kappa shape index (κ1) is 19.9. The van der Waals surface area contributed by atoms with Crippen LogP contribution in [0.2, 0.25) is 0 Å². The molecule has 1 aliphatic rings. The molecular formula is C16H21NO9. The van der Waals surface area contributed by atoms with E-state index in [1.54, 1.807) is 19.2 Å². The van der Waals surface area contributed by atoms with Gasteiger partial charge in [0.2, 0.25) is 6.29 Å². The molecule has 0 amide bonds. The Kier molecular flexibility index (Phi) is 6.37. The van der Waals surface area contributed by atoms with Crippen LogP contribution in [-0.2, 0) is 25.7 Å². The van der Waals surface area contributed by atoms with Gasteiger partial charge in [-0.2, -0.15) is 0 Å². The van der Waals surface area contributed by atoms with E-state index in [0.717, 1.165) is 0 Å². The maximum absolute atomic E-state index is 11.1. The summed E-state index contributed by atoms with van der Waals surface area (Å²) < 4.78 is 15.5. The van der Waals surface area contributed by atoms with E-state index in [9.17, 15) is 24.9 Å². The Bertz CT molecular complexity index is 665. The van der Waals surface area contributed by atoms with Crippen LogP contribution in [0.4, 0.5) is 5.69 Å². The van der Waals surface area contributed by atoms with Crippen molar-refractivity contribution in [3.8, 4) is 5.75 Å². The van der Waals surface area contributed by atoms with Crippen LogP contribution in [0.15, 0.2) is 18.2 Å². The number of esters is 1. The first-order valence-electron chi connectivity index (χ1n) is 7.77. The van der Waals surface area contributed by atoms with E-state index in [1.807, 2.05) is 0 Å². The molecule has 0 unspecified atom stereocenters. The maximum Gasteiger partial charge on any atom is 0.335 e. The summed E-state index contributed by atoms with van der Waals surface area (Å²) in [6.07, 6.45) is -8.47. The molecule has 1 aromatic rings. The van der Waals surface area contributed by atoms with Gasteiger partial charge in [-0.3, -0.25) is 4.79 Å². The Labute approximate surface area is 148 Å². The molecule has 0 spiro atoms. The number of carbonyl (C=O) groups is 2. The quantitative estimate of drug-likeness (QED) is 0.396. The van der Waals surface area contributed by atoms with Gasteiger partial charge in [0, 0.05) is 14.0 Å². The highest BCUT2D eigenvalue weighted by molar-refractivity contribution is 5.73. The largest absolute Gasteiger partial charge is 0.479 e. The van der Waals surface area contributed by atoms with Crippen LogP contribution in [0.3, 0.4) is 0 Å². The van der Waals surface area contributed by atoms with Crippen molar-refractivity contribution in [3.63, 3.8) is 0 Å². The van der Waals surface area contributed by atoms with Gasteiger partial charge in [0.25, 0.3) is 0 Å². The second-order valence-corrected chi connectivity index (χ2v) is 5.71. The highest BCUT2D eigenvalue weighted by Gasteiger charge is 2.48. The number of carboxylic acid groups (broad SMARTS) is 1. The van der Waals surface area contributed by atoms with Crippen molar-refractivity contribution in [1.29, 1.82) is 0 Å². The molecule has 0 bridgehead atoms. The Morgan fingerprint density at radius 3 is 2.46 bits per heavy atom. The van der Waals surface area contributed by atoms with Gasteiger partial charge >= 0.3 is 11.9 Å². The Hall–Kier alpha value is -2.40. The van der Waals surface area contributed by atoms with Gasteiger partial charge in [0.15, 0.2) is 6.10 Å². The molecular weight excluding hydrogens is 350 g/mol. The molecule has 0 aromatic heterocycles. The lowest BCUT2D eigenvalue weighted by atomic mass is 9.99. The van der Waals surface area contributed by atoms with E-state index in [4.69, 9.17) is 19.3 Å². The average molecular weight is 371 g/mol. The van der Waals surface area contributed by atoms with Gasteiger partial charge < -0.3 is 40.0 Å². The molecule has 26 heavy (non-hydrogen) atoms. The van der Waals surface area contributed by atoms with Crippen molar-refractivity contribution in [2.75, 3.05) is 12.4 Å². The second kappa shape index (κ2) is 8.32. The second-order valence-electron chi connectivity index (χ2n) is 5.71. The van der Waals surface area contributed by atoms with Crippen molar-refractivity contribution >= 4 is 17.6 Å². The predicted octanol–water partition coefficient (Wildman–Crippen LogP) is -0.938. The number of carboxylic acids is 1. The number of rotatable bonds is 6. The molecule has 5 atom stereocenters. The van der Waals surface area contributed by atoms with Crippen LogP contribution in [0.25, 0.3) is 0 Å². The molecule has 1 heterocycles. The zero-order valence-corrected chi connectivity index (χ0v) is 14.2. The van der Waals surface area contributed by atoms with Crippen LogP contribution in [0.1, 0.15) is 12.5 Å². The van der Waals surface area contributed by atoms with E-state index in [1.165, 1.54) is 13.0 Å². The van der Waals surface area contributed by atoms with E-state index in [-0.39, 0.29) is 12.4 Å². The lowest BCUT2D eigenvalue weighted by Gasteiger charge is -2.38. The van der Waals surface area contributed by atoms with Crippen LogP contribution in [0.5, 0.6) is 5.75 Å². The zero-order valence-electron chi connectivity index (χ0n) is 14.2. The van der Waals surface area contributed by atoms with E-state index >= 15 is 0 Å². The number of aliphatic hydroxyl groups excluding tert-OH is 3. The normalized spacial score (nSPS) is 28.3. The molecule has 1 aromatic carbocycles. The third kappa shape index (κ3) is 4.41. The van der Waals surface area contributed by atoms with Crippen molar-refractivity contribution < 1.29 is 44.2 Å². The number of nitrogens with one attached hydrogen (secondary N) is 1. The first-order chi connectivity index (χ1) is 12.2. The molecule has 10 heteroatoms. The number of benzene rings is 1. The minimum atomic E-state index is -1.79. The molecule has 1 aliphatic heterocycles. The molecule has 0 aliphatic carbocycles. The Morgan fingerprint density at radius 1 is 1.19 bits per heavy atom. The topological polar surface area (TPSA) is 155 Å². The predicted molar refractivity (Wildman–Crippen MR) is 86.4 cm³/mol. The molecule has 5 N–H and O–H groups in total. The molecule has 0 radical (unpaired) electrons. The molecule has 144 valence electrons. The van der Waals surface area contributed by atoms with Crippen LogP contribution in [0, 0.1) is 0 Å². The third-order valence-corrected chi connectivity index (χ3v) is 3.81. The minimum Gasteiger partial charge on any atom is -0.479 e. The molecule has 1 saturated heterocycles. The molecule has 0 saturated carbocycles. The fourth-order valence-corrected chi connectivity index (χ4v) is 2.42. The number of hydrogen-bond acceptors (Lipinski definition) is 9. The van der Waals surface area contributed by atoms with E-state index in [0.29, 0.717) is 11.3 Å². The number of hydrogen-bond donors (Lipinski definition) is 5. The van der Waals surface area contributed by atoms with Gasteiger partial charge in [0.05, 0.1) is 5.69 Å². The summed E-state index contributed by atoms with van der Waals surface area (Å²) in [6.45, 7) is 1.34. The summed E-state index contributed by atoms with van der Waals surface area (Å²) in [5, 5.41) is 41.4. The molecule has 1 fully saturated rings. The van der Waals surface area contributed by atoms with Crippen molar-refractivity contribution in [2.24, 2.45) is 0 Å². The van der Waals surface area contributed by atoms with E-state index in [2.05, 4.69) is 5.32 Å². The lowest BCUT2D eigenvalue weighted by Crippen LogP contribution is -2.61. The number of carbonyl (C=O) groups excluding carboxylic acids is 1. The van der Waals surface area contributed by atoms with Crippen molar-refractivity contribution in [2.45, 2.75) is 44.2 Å². The number of anilines is 1. The summed E-state index contributed by atoms with van der Waals surface area (Å²) in [7, 11) is 1.61. The maximum atomic E-state index is 11.1. The monoisotopic (exact) mass is 371 g/mol. The third-order valence-electron chi connectivity index (χ3n) is 3.81. The van der Waals surface area contributed by atoms with Crippen molar-refractivity contribution in [1.82, 2.24) is 0 Å². The SMILES string of the molecule is CNc1cc(COC(C)=O)ccc1O[C@H]1O[C@@H](C(=O)O)[C@H](O)[C@@H](O)[C@@H]1O. The Morgan fingerprint density at radius 2 is 1.88 bits per heavy atom. The standard InChI is InChI=1S/C16H21NO9/c1-7(18)24-6-8-3-4-10(9(5-8)17-2)25-16-13(21)11(19)12(20)14(26-16)15(22)23/h3-5,11-14,16-17,19-21H,6H2,1-2H3,(H,22,23)/t11-,12-,13+,14-,16+/m1/s1. The van der Waals surface area contributed by atoms with Crippen LogP contribution in [-0.4, -0.2) is 70.1 Å². The summed E-state index contributed by atoms with van der Waals surface area (Å²) in [6, 6.07) is 4.75. The van der Waals surface area contributed by atoms with Gasteiger partial charge in [-0.1, -0.05) is 6.07 Å². The van der Waals surface area contributed by atoms with Gasteiger partial charge in [0.1, 0.15) is 30.7 Å². The summed E-state index contributed by atoms with van der Waals surface area (Å²) in [5.74, 6) is -1.72. The van der Waals surface area contributed by atoms with E-state index < -0.39 is 42.6 Å². The first-order valence-corrected chi connectivity index (χ1v) is 7.77. The van der Waals surface area contributed by atoms with Gasteiger partial charge in [-0.25, -0.2) is 4.79 Å². The van der Waals surface area contributed by atoms with Crippen LogP contribution < -0.4 is 10.1 Å². The summed E-state index contributed by atoms with van der Waals surface area (Å²) >= 11 is 0. The lowest BCUT2D eigenvalue weighted by molar-refractivity contribution is -0.271. The molecule has 10 nitrogen and oxygen atoms in total. The van der Waals surface area contributed by atoms with Crippen LogP contribution >= 0.6 is 0 Å². The summed E-state index contributed by atoms with van der Waals surface area (Å²) in [4.78, 5) is 22.0. The fraction of sp³-hybridized carbons (Fsp3) is 0.500. The fourth-order valence-electron chi connectivity index (χ4n) is 2.42. The number of ether oxygens (including phenoxy) is 3. The average Bonchev–Trinajstić information content (AvgIpc) is 2.60. The highest BCUT2D eigenvalue weighted by atomic mass is 16.7. The summed E-state index contributed by atoms with van der Waals surface area (Å²) in [5.41, 5.74) is 1.12. The Balaban J connectivity index is 2.18.